The van der Waals surface area contributed by atoms with Gasteiger partial charge in [0.15, 0.2) is 0 Å². The molecule has 1 aliphatic heterocycles. The minimum absolute atomic E-state index is 0.218. The highest BCUT2D eigenvalue weighted by Gasteiger charge is 2.18. The molecule has 0 radical (unpaired) electrons. The third-order valence-corrected chi connectivity index (χ3v) is 3.48. The van der Waals surface area contributed by atoms with E-state index in [-0.39, 0.29) is 5.82 Å². The maximum absolute atomic E-state index is 13.4. The van der Waals surface area contributed by atoms with Gasteiger partial charge in [0.1, 0.15) is 5.82 Å². The number of hydrogen-bond donors (Lipinski definition) is 1. The van der Waals surface area contributed by atoms with E-state index in [1.807, 2.05) is 24.0 Å². The van der Waals surface area contributed by atoms with E-state index in [0.29, 0.717) is 0 Å². The molecule has 0 amide bonds. The summed E-state index contributed by atoms with van der Waals surface area (Å²) < 4.78 is 15.2. The molecule has 0 spiro atoms. The fourth-order valence-corrected chi connectivity index (χ4v) is 2.53. The van der Waals surface area contributed by atoms with Gasteiger partial charge in [-0.05, 0) is 12.1 Å². The Labute approximate surface area is 111 Å². The normalized spacial score (nSPS) is 15.8. The third-order valence-electron chi connectivity index (χ3n) is 3.48. The van der Waals surface area contributed by atoms with Crippen molar-refractivity contribution in [3.8, 4) is 11.3 Å². The Morgan fingerprint density at radius 2 is 2.05 bits per heavy atom. The molecule has 0 unspecified atom stereocenters. The van der Waals surface area contributed by atoms with Gasteiger partial charge in [-0.1, -0.05) is 12.1 Å². The van der Waals surface area contributed by atoms with Crippen LogP contribution in [0, 0.1) is 5.82 Å². The molecule has 0 saturated carbocycles. The SMILES string of the molecule is Cn1ncc(N2CCNCC2)c1-c1cccc(F)c1. The van der Waals surface area contributed by atoms with Crippen LogP contribution >= 0.6 is 0 Å². The van der Waals surface area contributed by atoms with Crippen molar-refractivity contribution in [3.05, 3.63) is 36.3 Å². The van der Waals surface area contributed by atoms with Gasteiger partial charge in [-0.25, -0.2) is 4.39 Å². The van der Waals surface area contributed by atoms with E-state index in [0.717, 1.165) is 43.1 Å². The molecule has 100 valence electrons. The summed E-state index contributed by atoms with van der Waals surface area (Å²) in [6.45, 7) is 3.84. The van der Waals surface area contributed by atoms with Crippen LogP contribution in [-0.4, -0.2) is 36.0 Å². The molecule has 0 aliphatic carbocycles. The summed E-state index contributed by atoms with van der Waals surface area (Å²) in [6, 6.07) is 6.68. The first-order chi connectivity index (χ1) is 9.25. The number of nitrogens with one attached hydrogen (secondary N) is 1. The quantitative estimate of drug-likeness (QED) is 0.891. The van der Waals surface area contributed by atoms with Crippen molar-refractivity contribution in [2.75, 3.05) is 31.1 Å². The van der Waals surface area contributed by atoms with Crippen LogP contribution in [0.3, 0.4) is 0 Å². The van der Waals surface area contributed by atoms with Gasteiger partial charge in [-0.3, -0.25) is 4.68 Å². The number of benzene rings is 1. The molecule has 2 aromatic rings. The summed E-state index contributed by atoms with van der Waals surface area (Å²) in [5, 5.41) is 7.66. The number of piperazine rings is 1. The number of nitrogens with zero attached hydrogens (tertiary/aromatic N) is 3. The molecular weight excluding hydrogens is 243 g/mol. The second kappa shape index (κ2) is 5.01. The van der Waals surface area contributed by atoms with Crippen LogP contribution in [0.4, 0.5) is 10.1 Å². The summed E-state index contributed by atoms with van der Waals surface area (Å²) in [5.74, 6) is -0.218. The zero-order chi connectivity index (χ0) is 13.2. The lowest BCUT2D eigenvalue weighted by atomic mass is 10.1. The van der Waals surface area contributed by atoms with E-state index in [2.05, 4.69) is 15.3 Å². The predicted molar refractivity (Wildman–Crippen MR) is 73.7 cm³/mol. The molecule has 1 fully saturated rings. The number of aromatic nitrogens is 2. The van der Waals surface area contributed by atoms with Crippen LogP contribution in [0.1, 0.15) is 0 Å². The zero-order valence-electron chi connectivity index (χ0n) is 10.9. The molecule has 0 atom stereocenters. The van der Waals surface area contributed by atoms with Crippen LogP contribution in [-0.2, 0) is 7.05 Å². The molecule has 1 aromatic heterocycles. The monoisotopic (exact) mass is 260 g/mol. The second-order valence-electron chi connectivity index (χ2n) is 4.75. The summed E-state index contributed by atoms with van der Waals surface area (Å²) in [4.78, 5) is 2.30. The molecule has 1 N–H and O–H groups in total. The molecule has 4 nitrogen and oxygen atoms in total. The Bertz CT molecular complexity index is 573. The fraction of sp³-hybridized carbons (Fsp3) is 0.357. The summed E-state index contributed by atoms with van der Waals surface area (Å²) >= 11 is 0. The lowest BCUT2D eigenvalue weighted by Gasteiger charge is -2.29. The molecule has 5 heteroatoms. The van der Waals surface area contributed by atoms with E-state index >= 15 is 0 Å². The Balaban J connectivity index is 2.03. The smallest absolute Gasteiger partial charge is 0.123 e. The fourth-order valence-electron chi connectivity index (χ4n) is 2.53. The Kier molecular flexibility index (Phi) is 3.21. The lowest BCUT2D eigenvalue weighted by Crippen LogP contribution is -2.43. The van der Waals surface area contributed by atoms with Crippen LogP contribution in [0.2, 0.25) is 0 Å². The molecular formula is C14H17FN4. The topological polar surface area (TPSA) is 33.1 Å². The highest BCUT2D eigenvalue weighted by atomic mass is 19.1. The van der Waals surface area contributed by atoms with Gasteiger partial charge in [0, 0.05) is 38.8 Å². The predicted octanol–water partition coefficient (Wildman–Crippen LogP) is 1.64. The maximum Gasteiger partial charge on any atom is 0.123 e. The van der Waals surface area contributed by atoms with Crippen LogP contribution in [0.5, 0.6) is 0 Å². The average Bonchev–Trinajstić information content (AvgIpc) is 2.82. The minimum Gasteiger partial charge on any atom is -0.366 e. The Hall–Kier alpha value is -1.88. The molecule has 1 saturated heterocycles. The van der Waals surface area contributed by atoms with Crippen molar-refractivity contribution in [1.29, 1.82) is 0 Å². The number of anilines is 1. The van der Waals surface area contributed by atoms with E-state index in [9.17, 15) is 4.39 Å². The standard InChI is InChI=1S/C14H17FN4/c1-18-14(11-3-2-4-12(15)9-11)13(10-17-18)19-7-5-16-6-8-19/h2-4,9-10,16H,5-8H2,1H3. The zero-order valence-corrected chi connectivity index (χ0v) is 10.9. The van der Waals surface area contributed by atoms with Gasteiger partial charge in [0.05, 0.1) is 17.6 Å². The van der Waals surface area contributed by atoms with Crippen molar-refractivity contribution in [2.45, 2.75) is 0 Å². The maximum atomic E-state index is 13.4. The minimum atomic E-state index is -0.218. The van der Waals surface area contributed by atoms with Crippen LogP contribution in [0.25, 0.3) is 11.3 Å². The summed E-state index contributed by atoms with van der Waals surface area (Å²) in [6.07, 6.45) is 1.87. The number of halogens is 1. The molecule has 0 bridgehead atoms. The highest BCUT2D eigenvalue weighted by molar-refractivity contribution is 5.75. The highest BCUT2D eigenvalue weighted by Crippen LogP contribution is 2.30. The van der Waals surface area contributed by atoms with Gasteiger partial charge in [0.25, 0.3) is 0 Å². The van der Waals surface area contributed by atoms with E-state index in [1.165, 1.54) is 6.07 Å². The second-order valence-corrected chi connectivity index (χ2v) is 4.75. The average molecular weight is 260 g/mol. The molecule has 1 aliphatic rings. The van der Waals surface area contributed by atoms with Crippen LogP contribution in [0.15, 0.2) is 30.5 Å². The van der Waals surface area contributed by atoms with E-state index < -0.39 is 0 Å². The van der Waals surface area contributed by atoms with Gasteiger partial charge in [0.2, 0.25) is 0 Å². The largest absolute Gasteiger partial charge is 0.366 e. The van der Waals surface area contributed by atoms with Crippen LogP contribution < -0.4 is 10.2 Å². The van der Waals surface area contributed by atoms with Crippen molar-refractivity contribution in [3.63, 3.8) is 0 Å². The van der Waals surface area contributed by atoms with Gasteiger partial charge in [-0.15, -0.1) is 0 Å². The van der Waals surface area contributed by atoms with Gasteiger partial charge < -0.3 is 10.2 Å². The van der Waals surface area contributed by atoms with Crippen molar-refractivity contribution < 1.29 is 4.39 Å². The number of rotatable bonds is 2. The van der Waals surface area contributed by atoms with Gasteiger partial charge >= 0.3 is 0 Å². The van der Waals surface area contributed by atoms with E-state index in [4.69, 9.17) is 0 Å². The third kappa shape index (κ3) is 2.33. The first-order valence-electron chi connectivity index (χ1n) is 6.49. The number of hydrogen-bond acceptors (Lipinski definition) is 3. The first-order valence-corrected chi connectivity index (χ1v) is 6.49. The van der Waals surface area contributed by atoms with Crippen molar-refractivity contribution in [2.24, 2.45) is 7.05 Å². The summed E-state index contributed by atoms with van der Waals surface area (Å²) in [5.41, 5.74) is 2.92. The van der Waals surface area contributed by atoms with Crippen molar-refractivity contribution >= 4 is 5.69 Å². The van der Waals surface area contributed by atoms with E-state index in [1.54, 1.807) is 12.1 Å². The van der Waals surface area contributed by atoms with Gasteiger partial charge in [-0.2, -0.15) is 5.10 Å². The van der Waals surface area contributed by atoms with Crippen molar-refractivity contribution in [1.82, 2.24) is 15.1 Å². The molecule has 19 heavy (non-hydrogen) atoms. The number of aryl methyl sites for hydroxylation is 1. The Morgan fingerprint density at radius 3 is 2.79 bits per heavy atom. The molecule has 3 rings (SSSR count). The Morgan fingerprint density at radius 1 is 1.26 bits per heavy atom. The molecule has 1 aromatic carbocycles. The first kappa shape index (κ1) is 12.2. The summed E-state index contributed by atoms with van der Waals surface area (Å²) in [7, 11) is 1.89. The lowest BCUT2D eigenvalue weighted by molar-refractivity contribution is 0.589. The molecule has 2 heterocycles.